The highest BCUT2D eigenvalue weighted by atomic mass is 19.2. The predicted octanol–water partition coefficient (Wildman–Crippen LogP) is 7.29. The second kappa shape index (κ2) is 11.4. The highest BCUT2D eigenvalue weighted by molar-refractivity contribution is 5.65. The van der Waals surface area contributed by atoms with Crippen LogP contribution in [-0.2, 0) is 4.74 Å². The standard InChI is InChI=1S/C27H28F4O3/c1-4-33-17(3)25(29)24(28)16(2)15-34-21-11-7-19(8-12-21)23-14-13-22(26(30)27(23)31)18-5-9-20(32)10-6-18/h7-8,11-14,18,20,32H,2-6,9-10,15H2,1H3/b25-24-. The van der Waals surface area contributed by atoms with Crippen LogP contribution in [0.15, 0.2) is 72.5 Å². The molecule has 2 aromatic carbocycles. The lowest BCUT2D eigenvalue weighted by molar-refractivity contribution is 0.122. The molecule has 182 valence electrons. The van der Waals surface area contributed by atoms with Gasteiger partial charge in [0.25, 0.3) is 0 Å². The molecule has 2 aromatic rings. The Morgan fingerprint density at radius 1 is 0.941 bits per heavy atom. The third-order valence-electron chi connectivity index (χ3n) is 5.89. The molecule has 0 heterocycles. The molecule has 34 heavy (non-hydrogen) atoms. The minimum atomic E-state index is -1.24. The van der Waals surface area contributed by atoms with Crippen LogP contribution in [0.25, 0.3) is 11.1 Å². The van der Waals surface area contributed by atoms with Crippen molar-refractivity contribution in [3.63, 3.8) is 0 Å². The maximum absolute atomic E-state index is 14.9. The fourth-order valence-electron chi connectivity index (χ4n) is 3.97. The first-order chi connectivity index (χ1) is 16.2. The fourth-order valence-corrected chi connectivity index (χ4v) is 3.97. The number of hydrogen-bond donors (Lipinski definition) is 1. The molecule has 0 aliphatic heterocycles. The van der Waals surface area contributed by atoms with Crippen LogP contribution in [0, 0.1) is 11.6 Å². The maximum atomic E-state index is 14.9. The van der Waals surface area contributed by atoms with Crippen molar-refractivity contribution in [2.75, 3.05) is 13.2 Å². The lowest BCUT2D eigenvalue weighted by Crippen LogP contribution is -2.18. The van der Waals surface area contributed by atoms with Crippen LogP contribution in [-0.4, -0.2) is 24.4 Å². The van der Waals surface area contributed by atoms with Gasteiger partial charge in [0.05, 0.1) is 12.7 Å². The number of ether oxygens (including phenoxy) is 2. The van der Waals surface area contributed by atoms with Crippen molar-refractivity contribution in [2.24, 2.45) is 0 Å². The topological polar surface area (TPSA) is 38.7 Å². The van der Waals surface area contributed by atoms with Crippen molar-refractivity contribution >= 4 is 0 Å². The Kier molecular flexibility index (Phi) is 8.56. The number of rotatable bonds is 9. The monoisotopic (exact) mass is 476 g/mol. The predicted molar refractivity (Wildman–Crippen MR) is 124 cm³/mol. The Bertz CT molecular complexity index is 1070. The Morgan fingerprint density at radius 2 is 1.59 bits per heavy atom. The lowest BCUT2D eigenvalue weighted by Gasteiger charge is -2.26. The molecule has 1 fully saturated rings. The summed E-state index contributed by atoms with van der Waals surface area (Å²) in [5.41, 5.74) is 0.652. The van der Waals surface area contributed by atoms with Crippen LogP contribution < -0.4 is 4.74 Å². The smallest absolute Gasteiger partial charge is 0.200 e. The Labute approximate surface area is 197 Å². The minimum Gasteiger partial charge on any atom is -0.491 e. The molecule has 0 radical (unpaired) electrons. The Hall–Kier alpha value is -3.06. The maximum Gasteiger partial charge on any atom is 0.200 e. The van der Waals surface area contributed by atoms with Crippen molar-refractivity contribution in [3.8, 4) is 16.9 Å². The van der Waals surface area contributed by atoms with Gasteiger partial charge in [-0.3, -0.25) is 0 Å². The Morgan fingerprint density at radius 3 is 2.21 bits per heavy atom. The molecule has 3 nitrogen and oxygen atoms in total. The van der Waals surface area contributed by atoms with E-state index in [2.05, 4.69) is 13.2 Å². The van der Waals surface area contributed by atoms with E-state index in [4.69, 9.17) is 9.47 Å². The molecule has 0 unspecified atom stereocenters. The lowest BCUT2D eigenvalue weighted by atomic mass is 9.82. The second-order valence-corrected chi connectivity index (χ2v) is 8.24. The van der Waals surface area contributed by atoms with Gasteiger partial charge in [0, 0.05) is 11.1 Å². The van der Waals surface area contributed by atoms with Gasteiger partial charge in [-0.25, -0.2) is 13.2 Å². The van der Waals surface area contributed by atoms with Crippen LogP contribution in [0.4, 0.5) is 17.6 Å². The van der Waals surface area contributed by atoms with Crippen molar-refractivity contribution in [2.45, 2.75) is 44.6 Å². The molecule has 0 amide bonds. The summed E-state index contributed by atoms with van der Waals surface area (Å²) in [5.74, 6) is -4.46. The molecule has 0 bridgehead atoms. The van der Waals surface area contributed by atoms with E-state index < -0.39 is 29.0 Å². The van der Waals surface area contributed by atoms with Gasteiger partial charge < -0.3 is 14.6 Å². The molecular formula is C27H28F4O3. The van der Waals surface area contributed by atoms with Gasteiger partial charge in [-0.1, -0.05) is 37.4 Å². The zero-order valence-electron chi connectivity index (χ0n) is 19.1. The summed E-state index contributed by atoms with van der Waals surface area (Å²) in [7, 11) is 0. The number of aliphatic hydroxyl groups is 1. The molecule has 0 saturated heterocycles. The quantitative estimate of drug-likeness (QED) is 0.235. The van der Waals surface area contributed by atoms with Gasteiger partial charge in [0.1, 0.15) is 12.4 Å². The van der Waals surface area contributed by atoms with Crippen LogP contribution in [0.1, 0.15) is 44.1 Å². The highest BCUT2D eigenvalue weighted by Gasteiger charge is 2.25. The first-order valence-electron chi connectivity index (χ1n) is 11.2. The first kappa shape index (κ1) is 25.6. The van der Waals surface area contributed by atoms with E-state index in [1.54, 1.807) is 31.2 Å². The molecule has 1 N–H and O–H groups in total. The van der Waals surface area contributed by atoms with E-state index in [-0.39, 0.29) is 36.4 Å². The normalized spacial score (nSPS) is 18.8. The zero-order valence-corrected chi connectivity index (χ0v) is 19.1. The average molecular weight is 477 g/mol. The molecule has 1 aliphatic rings. The van der Waals surface area contributed by atoms with Gasteiger partial charge in [0.15, 0.2) is 29.0 Å². The van der Waals surface area contributed by atoms with Crippen LogP contribution in [0.2, 0.25) is 0 Å². The second-order valence-electron chi connectivity index (χ2n) is 8.24. The number of benzene rings is 2. The summed E-state index contributed by atoms with van der Waals surface area (Å²) >= 11 is 0. The van der Waals surface area contributed by atoms with E-state index in [0.717, 1.165) is 0 Å². The molecular weight excluding hydrogens is 448 g/mol. The molecule has 7 heteroatoms. The van der Waals surface area contributed by atoms with Crippen LogP contribution >= 0.6 is 0 Å². The van der Waals surface area contributed by atoms with Crippen LogP contribution in [0.3, 0.4) is 0 Å². The number of allylic oxidation sites excluding steroid dienone is 1. The largest absolute Gasteiger partial charge is 0.491 e. The molecule has 1 saturated carbocycles. The van der Waals surface area contributed by atoms with Crippen molar-refractivity contribution in [1.82, 2.24) is 0 Å². The van der Waals surface area contributed by atoms with E-state index in [1.165, 1.54) is 12.1 Å². The minimum absolute atomic E-state index is 0.110. The first-order valence-corrected chi connectivity index (χ1v) is 11.2. The number of hydrogen-bond acceptors (Lipinski definition) is 3. The van der Waals surface area contributed by atoms with Gasteiger partial charge in [0.2, 0.25) is 0 Å². The molecule has 3 rings (SSSR count). The summed E-state index contributed by atoms with van der Waals surface area (Å²) in [5, 5.41) is 9.65. The van der Waals surface area contributed by atoms with Crippen molar-refractivity contribution in [1.29, 1.82) is 0 Å². The zero-order chi connectivity index (χ0) is 24.8. The fraction of sp³-hybridized carbons (Fsp3) is 0.333. The molecule has 0 aromatic heterocycles. The Balaban J connectivity index is 1.67. The van der Waals surface area contributed by atoms with Crippen molar-refractivity contribution < 1.29 is 32.1 Å². The third-order valence-corrected chi connectivity index (χ3v) is 5.89. The van der Waals surface area contributed by atoms with Crippen molar-refractivity contribution in [3.05, 3.63) is 89.7 Å². The summed E-state index contributed by atoms with van der Waals surface area (Å²) in [6, 6.07) is 9.29. The SMILES string of the molecule is C=C(COc1ccc(-c2ccc(C3CCC(O)CC3)c(F)c2F)cc1)/C(F)=C(/F)C(=C)OCC. The summed E-state index contributed by atoms with van der Waals surface area (Å²) in [4.78, 5) is 0. The summed E-state index contributed by atoms with van der Waals surface area (Å²) in [6.07, 6.45) is 2.02. The average Bonchev–Trinajstić information content (AvgIpc) is 2.84. The molecule has 1 aliphatic carbocycles. The number of halogens is 4. The van der Waals surface area contributed by atoms with Gasteiger partial charge in [-0.05, 0) is 61.8 Å². The van der Waals surface area contributed by atoms with Gasteiger partial charge in [-0.15, -0.1) is 0 Å². The highest BCUT2D eigenvalue weighted by Crippen LogP contribution is 2.37. The molecule has 0 spiro atoms. The summed E-state index contributed by atoms with van der Waals surface area (Å²) in [6.45, 7) is 8.22. The van der Waals surface area contributed by atoms with Crippen LogP contribution in [0.5, 0.6) is 5.75 Å². The van der Waals surface area contributed by atoms with Gasteiger partial charge >= 0.3 is 0 Å². The molecule has 0 atom stereocenters. The van der Waals surface area contributed by atoms with E-state index in [9.17, 15) is 22.7 Å². The van der Waals surface area contributed by atoms with E-state index >= 15 is 0 Å². The summed E-state index contributed by atoms with van der Waals surface area (Å²) < 4.78 is 68.0. The van der Waals surface area contributed by atoms with Gasteiger partial charge in [-0.2, -0.15) is 4.39 Å². The van der Waals surface area contributed by atoms with E-state index in [1.807, 2.05) is 0 Å². The third kappa shape index (κ3) is 5.89. The number of aliphatic hydroxyl groups excluding tert-OH is 1. The van der Waals surface area contributed by atoms with E-state index in [0.29, 0.717) is 42.6 Å².